The molecular formula is C58H45NS2. The van der Waals surface area contributed by atoms with E-state index in [2.05, 4.69) is 195 Å². The molecule has 0 fully saturated rings. The molecular weight excluding hydrogens is 775 g/mol. The zero-order chi connectivity index (χ0) is 40.5. The second-order valence-electron chi connectivity index (χ2n) is 18.2. The maximum absolute atomic E-state index is 2.60. The van der Waals surface area contributed by atoms with Gasteiger partial charge >= 0.3 is 0 Å². The normalized spacial score (nSPS) is 20.0. The summed E-state index contributed by atoms with van der Waals surface area (Å²) < 4.78 is 4.05. The average Bonchev–Trinajstić information content (AvgIpc) is 3.96. The van der Waals surface area contributed by atoms with Gasteiger partial charge < -0.3 is 4.90 Å². The third kappa shape index (κ3) is 5.05. The van der Waals surface area contributed by atoms with Gasteiger partial charge in [0.15, 0.2) is 0 Å². The Balaban J connectivity index is 0.956. The monoisotopic (exact) mass is 819 g/mol. The number of anilines is 2. The lowest BCUT2D eigenvalue weighted by Gasteiger charge is -2.49. The molecule has 2 heterocycles. The van der Waals surface area contributed by atoms with Gasteiger partial charge in [-0.25, -0.2) is 0 Å². The fourth-order valence-electron chi connectivity index (χ4n) is 12.0. The third-order valence-corrected chi connectivity index (χ3v) is 17.2. The highest BCUT2D eigenvalue weighted by molar-refractivity contribution is 7.25. The van der Waals surface area contributed by atoms with E-state index < -0.39 is 0 Å². The highest BCUT2D eigenvalue weighted by atomic mass is 32.1. The largest absolute Gasteiger partial charge is 0.314 e. The number of nitrogens with zero attached hydrogens (tertiary/aromatic N) is 1. The molecule has 2 unspecified atom stereocenters. The van der Waals surface area contributed by atoms with Crippen LogP contribution in [0.3, 0.4) is 0 Å². The summed E-state index contributed by atoms with van der Waals surface area (Å²) in [4.78, 5) is 4.06. The fraction of sp³-hybridized carbons (Fsp3) is 0.172. The standard InChI is InChI=1S/C58H45NS2/c1-57(2)48-17-7-9-19-50(48)58(51-20-10-8-18-49(51)57)47-16-6-3-13-41(47)42-30-25-37(33-52(42)58)36-23-26-38(27-24-36)59(39-28-31-45-43-14-4-11-21-53(43)60-55(45)34-39)40-29-32-46-44-15-5-12-22-54(44)61-56(46)35-40/h3-11,13-21,23,25-26,28-35,41,47H,12,22,24,27H2,1-2H3. The second kappa shape index (κ2) is 13.2. The first-order valence-corrected chi connectivity index (χ1v) is 23.6. The van der Waals surface area contributed by atoms with E-state index in [1.165, 1.54) is 102 Å². The van der Waals surface area contributed by atoms with Gasteiger partial charge in [0.05, 0.1) is 5.41 Å². The fourth-order valence-corrected chi connectivity index (χ4v) is 14.4. The van der Waals surface area contributed by atoms with Crippen molar-refractivity contribution in [1.82, 2.24) is 0 Å². The molecule has 13 rings (SSSR count). The molecule has 0 radical (unpaired) electrons. The quantitative estimate of drug-likeness (QED) is 0.171. The predicted molar refractivity (Wildman–Crippen MR) is 262 cm³/mol. The highest BCUT2D eigenvalue weighted by Crippen LogP contribution is 2.64. The Morgan fingerprint density at radius 2 is 1.26 bits per heavy atom. The van der Waals surface area contributed by atoms with E-state index in [-0.39, 0.29) is 10.8 Å². The number of thiophene rings is 2. The second-order valence-corrected chi connectivity index (χ2v) is 20.4. The van der Waals surface area contributed by atoms with Crippen LogP contribution in [0.15, 0.2) is 176 Å². The molecule has 0 N–H and O–H groups in total. The van der Waals surface area contributed by atoms with Crippen molar-refractivity contribution in [2.45, 2.75) is 56.3 Å². The third-order valence-electron chi connectivity index (χ3n) is 14.8. The van der Waals surface area contributed by atoms with Gasteiger partial charge in [-0.2, -0.15) is 0 Å². The van der Waals surface area contributed by atoms with Gasteiger partial charge in [0.1, 0.15) is 0 Å². The Hall–Kier alpha value is -6.00. The van der Waals surface area contributed by atoms with Gasteiger partial charge in [-0.1, -0.05) is 147 Å². The van der Waals surface area contributed by atoms with Crippen molar-refractivity contribution < 1.29 is 0 Å². The molecule has 1 nitrogen and oxygen atoms in total. The molecule has 0 bridgehead atoms. The summed E-state index contributed by atoms with van der Waals surface area (Å²) in [7, 11) is 0. The molecule has 5 aliphatic rings. The number of rotatable bonds is 4. The van der Waals surface area contributed by atoms with Gasteiger partial charge in [0.25, 0.3) is 0 Å². The summed E-state index contributed by atoms with van der Waals surface area (Å²) in [5, 5.41) is 4.06. The van der Waals surface area contributed by atoms with Crippen molar-refractivity contribution in [2.24, 2.45) is 5.92 Å². The molecule has 2 atom stereocenters. The zero-order valence-electron chi connectivity index (χ0n) is 34.5. The van der Waals surface area contributed by atoms with Gasteiger partial charge in [-0.05, 0) is 118 Å². The van der Waals surface area contributed by atoms with Crippen molar-refractivity contribution >= 4 is 76.0 Å². The van der Waals surface area contributed by atoms with E-state index in [0.717, 1.165) is 25.7 Å². The Labute approximate surface area is 366 Å². The van der Waals surface area contributed by atoms with Crippen LogP contribution < -0.4 is 4.90 Å². The minimum atomic E-state index is -0.270. The van der Waals surface area contributed by atoms with Crippen molar-refractivity contribution in [3.8, 4) is 0 Å². The SMILES string of the molecule is CC1(C)c2ccccc2C2(c3cc(C4=CC=C(N(c5ccc6c7c(sc6c5)CCC=C7)c5ccc6c(c5)sc5ccccc56)CC4)ccc3C3C=CC=CC32)c2ccccc21. The van der Waals surface area contributed by atoms with Crippen LogP contribution in [0.2, 0.25) is 0 Å². The van der Waals surface area contributed by atoms with E-state index in [4.69, 9.17) is 0 Å². The maximum atomic E-state index is 2.60. The van der Waals surface area contributed by atoms with Crippen LogP contribution in [0.25, 0.3) is 41.9 Å². The lowest BCUT2D eigenvalue weighted by Crippen LogP contribution is -2.44. The molecule has 0 saturated heterocycles. The molecule has 2 aromatic heterocycles. The smallest absolute Gasteiger partial charge is 0.0531 e. The molecule has 3 heteroatoms. The number of fused-ring (bicyclic) bond motifs is 15. The number of benzene rings is 6. The number of allylic oxidation sites excluding steroid dienone is 9. The van der Waals surface area contributed by atoms with Gasteiger partial charge in [0, 0.05) is 69.5 Å². The zero-order valence-corrected chi connectivity index (χ0v) is 36.1. The van der Waals surface area contributed by atoms with Crippen LogP contribution in [-0.4, -0.2) is 0 Å². The van der Waals surface area contributed by atoms with E-state index in [9.17, 15) is 0 Å². The maximum Gasteiger partial charge on any atom is 0.0531 e. The van der Waals surface area contributed by atoms with Crippen molar-refractivity contribution in [1.29, 1.82) is 0 Å². The van der Waals surface area contributed by atoms with Gasteiger partial charge in [-0.15, -0.1) is 22.7 Å². The van der Waals surface area contributed by atoms with Crippen molar-refractivity contribution in [2.75, 3.05) is 4.90 Å². The summed E-state index contributed by atoms with van der Waals surface area (Å²) in [6.45, 7) is 4.84. The summed E-state index contributed by atoms with van der Waals surface area (Å²) in [6, 6.07) is 49.3. The number of hydrogen-bond donors (Lipinski definition) is 0. The van der Waals surface area contributed by atoms with Crippen molar-refractivity contribution in [3.05, 3.63) is 225 Å². The minimum absolute atomic E-state index is 0.0898. The Morgan fingerprint density at radius 1 is 0.574 bits per heavy atom. The topological polar surface area (TPSA) is 3.24 Å². The molecule has 294 valence electrons. The van der Waals surface area contributed by atoms with E-state index in [0.29, 0.717) is 11.8 Å². The van der Waals surface area contributed by atoms with Crippen LogP contribution in [0, 0.1) is 5.92 Å². The van der Waals surface area contributed by atoms with Gasteiger partial charge in [-0.3, -0.25) is 0 Å². The first kappa shape index (κ1) is 35.7. The Bertz CT molecular complexity index is 3270. The molecule has 8 aromatic rings. The van der Waals surface area contributed by atoms with E-state index in [1.54, 1.807) is 0 Å². The molecule has 6 aromatic carbocycles. The summed E-state index contributed by atoms with van der Waals surface area (Å²) >= 11 is 3.88. The van der Waals surface area contributed by atoms with Crippen LogP contribution in [-0.2, 0) is 17.3 Å². The van der Waals surface area contributed by atoms with Crippen LogP contribution in [0.1, 0.15) is 88.4 Å². The number of aryl methyl sites for hydroxylation is 1. The first-order valence-electron chi connectivity index (χ1n) is 22.0. The summed E-state index contributed by atoms with van der Waals surface area (Å²) in [6.07, 6.45) is 23.3. The molecule has 0 saturated carbocycles. The van der Waals surface area contributed by atoms with E-state index >= 15 is 0 Å². The molecule has 5 aliphatic carbocycles. The lowest BCUT2D eigenvalue weighted by atomic mass is 9.53. The van der Waals surface area contributed by atoms with Crippen molar-refractivity contribution in [3.63, 3.8) is 0 Å². The molecule has 0 aliphatic heterocycles. The van der Waals surface area contributed by atoms with E-state index in [1.807, 2.05) is 22.7 Å². The minimum Gasteiger partial charge on any atom is -0.314 e. The van der Waals surface area contributed by atoms with Gasteiger partial charge in [0.2, 0.25) is 0 Å². The summed E-state index contributed by atoms with van der Waals surface area (Å²) in [5.41, 5.74) is 16.4. The predicted octanol–water partition coefficient (Wildman–Crippen LogP) is 15.9. The highest BCUT2D eigenvalue weighted by Gasteiger charge is 2.58. The Morgan fingerprint density at radius 3 is 2.03 bits per heavy atom. The molecule has 0 amide bonds. The van der Waals surface area contributed by atoms with Crippen LogP contribution >= 0.6 is 22.7 Å². The van der Waals surface area contributed by atoms with Crippen LogP contribution in [0.4, 0.5) is 11.4 Å². The Kier molecular flexibility index (Phi) is 7.76. The molecule has 61 heavy (non-hydrogen) atoms. The lowest BCUT2D eigenvalue weighted by molar-refractivity contribution is 0.420. The summed E-state index contributed by atoms with van der Waals surface area (Å²) in [5.74, 6) is 0.638. The number of hydrogen-bond acceptors (Lipinski definition) is 3. The first-order chi connectivity index (χ1) is 30.0. The molecule has 1 spiro atoms. The van der Waals surface area contributed by atoms with Crippen LogP contribution in [0.5, 0.6) is 0 Å². The average molecular weight is 820 g/mol.